The standard InChI is InChI=1S/C24H25ClF3N5/c1-15(2)21-31-20-10-13-33(23-18(24(26,27)28)7-5-11-29-23)12-9-17(20)22(32-21)30-14-16-6-3-4-8-19(16)25/h3-8,11,15H,9-10,12-14H2,1-2H3,(H,30,31,32). The van der Waals surface area contributed by atoms with Crippen molar-refractivity contribution in [2.45, 2.75) is 45.3 Å². The van der Waals surface area contributed by atoms with Crippen LogP contribution in [0.4, 0.5) is 24.8 Å². The van der Waals surface area contributed by atoms with Gasteiger partial charge in [0.05, 0.1) is 11.3 Å². The Bertz CT molecular complexity index is 1130. The molecule has 0 spiro atoms. The van der Waals surface area contributed by atoms with Crippen LogP contribution in [0.2, 0.25) is 5.02 Å². The van der Waals surface area contributed by atoms with Crippen LogP contribution in [0.25, 0.3) is 0 Å². The van der Waals surface area contributed by atoms with Crippen LogP contribution in [-0.2, 0) is 25.6 Å². The summed E-state index contributed by atoms with van der Waals surface area (Å²) >= 11 is 6.30. The molecule has 3 heterocycles. The molecule has 2 aromatic heterocycles. The van der Waals surface area contributed by atoms with Crippen LogP contribution in [0.5, 0.6) is 0 Å². The number of hydrogen-bond donors (Lipinski definition) is 1. The largest absolute Gasteiger partial charge is 0.419 e. The summed E-state index contributed by atoms with van der Waals surface area (Å²) in [7, 11) is 0. The molecular weight excluding hydrogens is 451 g/mol. The smallest absolute Gasteiger partial charge is 0.366 e. The van der Waals surface area contributed by atoms with E-state index in [0.29, 0.717) is 49.1 Å². The van der Waals surface area contributed by atoms with Crippen LogP contribution in [0, 0.1) is 0 Å². The molecule has 0 bridgehead atoms. The monoisotopic (exact) mass is 475 g/mol. The summed E-state index contributed by atoms with van der Waals surface area (Å²) in [5.74, 6) is 1.49. The van der Waals surface area contributed by atoms with Crippen molar-refractivity contribution < 1.29 is 13.2 Å². The van der Waals surface area contributed by atoms with E-state index in [2.05, 4.69) is 10.3 Å². The molecule has 1 N–H and O–H groups in total. The SMILES string of the molecule is CC(C)c1nc2c(c(NCc3ccccc3Cl)n1)CCN(c1ncccc1C(F)(F)F)CC2. The highest BCUT2D eigenvalue weighted by atomic mass is 35.5. The van der Waals surface area contributed by atoms with Crippen molar-refractivity contribution in [1.82, 2.24) is 15.0 Å². The summed E-state index contributed by atoms with van der Waals surface area (Å²) in [6, 6.07) is 9.97. The number of aromatic nitrogens is 3. The van der Waals surface area contributed by atoms with Crippen molar-refractivity contribution in [3.63, 3.8) is 0 Å². The second-order valence-electron chi connectivity index (χ2n) is 8.31. The molecule has 0 amide bonds. The second-order valence-corrected chi connectivity index (χ2v) is 8.72. The van der Waals surface area contributed by atoms with Gasteiger partial charge in [-0.05, 0) is 30.2 Å². The van der Waals surface area contributed by atoms with Crippen molar-refractivity contribution >= 4 is 23.2 Å². The zero-order valence-corrected chi connectivity index (χ0v) is 19.2. The van der Waals surface area contributed by atoms with Crippen LogP contribution in [-0.4, -0.2) is 28.0 Å². The molecule has 9 heteroatoms. The molecule has 0 atom stereocenters. The summed E-state index contributed by atoms with van der Waals surface area (Å²) in [5, 5.41) is 4.06. The number of fused-ring (bicyclic) bond motifs is 1. The van der Waals surface area contributed by atoms with Crippen molar-refractivity contribution in [2.24, 2.45) is 0 Å². The Hall–Kier alpha value is -2.87. The summed E-state index contributed by atoms with van der Waals surface area (Å²) in [4.78, 5) is 15.3. The van der Waals surface area contributed by atoms with Crippen LogP contribution in [0.1, 0.15) is 48.0 Å². The predicted molar refractivity (Wildman–Crippen MR) is 124 cm³/mol. The van der Waals surface area contributed by atoms with Crippen molar-refractivity contribution in [2.75, 3.05) is 23.3 Å². The van der Waals surface area contributed by atoms with E-state index in [1.54, 1.807) is 4.90 Å². The number of benzene rings is 1. The fourth-order valence-electron chi connectivity index (χ4n) is 3.93. The van der Waals surface area contributed by atoms with Gasteiger partial charge in [0, 0.05) is 48.8 Å². The number of rotatable bonds is 5. The van der Waals surface area contributed by atoms with Gasteiger partial charge in [0.2, 0.25) is 0 Å². The topological polar surface area (TPSA) is 53.9 Å². The van der Waals surface area contributed by atoms with Crippen LogP contribution in [0.15, 0.2) is 42.6 Å². The van der Waals surface area contributed by atoms with Crippen molar-refractivity contribution in [3.05, 3.63) is 75.8 Å². The van der Waals surface area contributed by atoms with Gasteiger partial charge >= 0.3 is 6.18 Å². The number of anilines is 2. The molecule has 0 unspecified atom stereocenters. The number of hydrogen-bond acceptors (Lipinski definition) is 5. The number of halogens is 4. The summed E-state index contributed by atoms with van der Waals surface area (Å²) < 4.78 is 40.7. The molecule has 5 nitrogen and oxygen atoms in total. The minimum Gasteiger partial charge on any atom is -0.366 e. The molecule has 33 heavy (non-hydrogen) atoms. The van der Waals surface area contributed by atoms with Crippen molar-refractivity contribution in [3.8, 4) is 0 Å². The van der Waals surface area contributed by atoms with E-state index in [4.69, 9.17) is 21.6 Å². The van der Waals surface area contributed by atoms with Crippen molar-refractivity contribution in [1.29, 1.82) is 0 Å². The third kappa shape index (κ3) is 5.21. The van der Waals surface area contributed by atoms with E-state index in [-0.39, 0.29) is 11.7 Å². The average molecular weight is 476 g/mol. The molecular formula is C24H25ClF3N5. The molecule has 3 aromatic rings. The van der Waals surface area contributed by atoms with Gasteiger partial charge in [-0.25, -0.2) is 15.0 Å². The minimum absolute atomic E-state index is 0.0413. The molecule has 0 fully saturated rings. The van der Waals surface area contributed by atoms with Gasteiger partial charge in [0.1, 0.15) is 17.5 Å². The number of nitrogens with one attached hydrogen (secondary N) is 1. The fourth-order valence-corrected chi connectivity index (χ4v) is 4.13. The first-order valence-electron chi connectivity index (χ1n) is 10.9. The zero-order chi connectivity index (χ0) is 23.6. The Balaban J connectivity index is 1.64. The van der Waals surface area contributed by atoms with Gasteiger partial charge in [-0.15, -0.1) is 0 Å². The first-order chi connectivity index (χ1) is 15.7. The van der Waals surface area contributed by atoms with Crippen LogP contribution < -0.4 is 10.2 Å². The third-order valence-corrected chi connectivity index (χ3v) is 6.04. The Kier molecular flexibility index (Phi) is 6.74. The molecule has 0 aliphatic carbocycles. The van der Waals surface area contributed by atoms with E-state index in [1.807, 2.05) is 38.1 Å². The van der Waals surface area contributed by atoms with E-state index < -0.39 is 11.7 Å². The second kappa shape index (κ2) is 9.55. The van der Waals surface area contributed by atoms with Crippen LogP contribution in [0.3, 0.4) is 0 Å². The number of nitrogens with zero attached hydrogens (tertiary/aromatic N) is 4. The van der Waals surface area contributed by atoms with E-state index in [0.717, 1.165) is 22.9 Å². The van der Waals surface area contributed by atoms with E-state index in [9.17, 15) is 13.2 Å². The van der Waals surface area contributed by atoms with E-state index >= 15 is 0 Å². The molecule has 1 aromatic carbocycles. The quantitative estimate of drug-likeness (QED) is 0.499. The molecule has 0 radical (unpaired) electrons. The Morgan fingerprint density at radius 1 is 1.06 bits per heavy atom. The Morgan fingerprint density at radius 2 is 1.82 bits per heavy atom. The zero-order valence-electron chi connectivity index (χ0n) is 18.5. The lowest BCUT2D eigenvalue weighted by atomic mass is 10.1. The molecule has 0 saturated heterocycles. The highest BCUT2D eigenvalue weighted by Gasteiger charge is 2.36. The Labute approximate surface area is 196 Å². The lowest BCUT2D eigenvalue weighted by Gasteiger charge is -2.24. The third-order valence-electron chi connectivity index (χ3n) is 5.67. The molecule has 1 aliphatic rings. The molecule has 1 aliphatic heterocycles. The maximum Gasteiger partial charge on any atom is 0.419 e. The maximum atomic E-state index is 13.6. The van der Waals surface area contributed by atoms with Gasteiger partial charge in [0.25, 0.3) is 0 Å². The summed E-state index contributed by atoms with van der Waals surface area (Å²) in [6.07, 6.45) is -2.05. The number of alkyl halides is 3. The minimum atomic E-state index is -4.46. The van der Waals surface area contributed by atoms with Gasteiger partial charge in [-0.1, -0.05) is 43.6 Å². The molecule has 4 rings (SSSR count). The lowest BCUT2D eigenvalue weighted by molar-refractivity contribution is -0.137. The van der Waals surface area contributed by atoms with Gasteiger partial charge < -0.3 is 10.2 Å². The fraction of sp³-hybridized carbons (Fsp3) is 0.375. The highest BCUT2D eigenvalue weighted by Crippen LogP contribution is 2.36. The van der Waals surface area contributed by atoms with Gasteiger partial charge in [0.15, 0.2) is 0 Å². The normalized spacial score (nSPS) is 14.2. The van der Waals surface area contributed by atoms with Gasteiger partial charge in [-0.2, -0.15) is 13.2 Å². The maximum absolute atomic E-state index is 13.6. The molecule has 174 valence electrons. The van der Waals surface area contributed by atoms with Crippen LogP contribution >= 0.6 is 11.6 Å². The predicted octanol–water partition coefficient (Wildman–Crippen LogP) is 5.88. The van der Waals surface area contributed by atoms with Gasteiger partial charge in [-0.3, -0.25) is 0 Å². The highest BCUT2D eigenvalue weighted by molar-refractivity contribution is 6.31. The summed E-state index contributed by atoms with van der Waals surface area (Å²) in [6.45, 7) is 5.31. The lowest BCUT2D eigenvalue weighted by Crippen LogP contribution is -2.29. The summed E-state index contributed by atoms with van der Waals surface area (Å²) in [5.41, 5.74) is 2.01. The first kappa shape index (κ1) is 23.3. The average Bonchev–Trinajstić information content (AvgIpc) is 3.00. The molecule has 0 saturated carbocycles. The number of pyridine rings is 1. The van der Waals surface area contributed by atoms with E-state index in [1.165, 1.54) is 12.3 Å². The first-order valence-corrected chi connectivity index (χ1v) is 11.3. The Morgan fingerprint density at radius 3 is 2.55 bits per heavy atom.